The average Bonchev–Trinajstić information content (AvgIpc) is 3.18. The van der Waals surface area contributed by atoms with Crippen LogP contribution in [0.1, 0.15) is 33.2 Å². The first-order valence-electron chi connectivity index (χ1n) is 9.09. The van der Waals surface area contributed by atoms with Gasteiger partial charge in [0.05, 0.1) is 18.4 Å². The number of aromatic nitrogens is 2. The molecule has 3 aromatic rings. The number of carbonyl (C=O) groups excluding carboxylic acids is 2. The summed E-state index contributed by atoms with van der Waals surface area (Å²) in [7, 11) is 1.70. The Morgan fingerprint density at radius 1 is 0.897 bits per heavy atom. The molecule has 0 saturated carbocycles. The highest BCUT2D eigenvalue weighted by Crippen LogP contribution is 2.18. The molecule has 29 heavy (non-hydrogen) atoms. The Balaban J connectivity index is 1.48. The van der Waals surface area contributed by atoms with Crippen molar-refractivity contribution in [2.75, 3.05) is 6.61 Å². The lowest BCUT2D eigenvalue weighted by atomic mass is 10.1. The number of nitrogens with one attached hydrogen (secondary N) is 2. The van der Waals surface area contributed by atoms with Crippen molar-refractivity contribution in [2.45, 2.75) is 13.5 Å². The van der Waals surface area contributed by atoms with E-state index in [9.17, 15) is 9.59 Å². The van der Waals surface area contributed by atoms with Gasteiger partial charge in [-0.25, -0.2) is 0 Å². The molecule has 0 spiro atoms. The van der Waals surface area contributed by atoms with Gasteiger partial charge in [-0.3, -0.25) is 25.1 Å². The van der Waals surface area contributed by atoms with Crippen LogP contribution >= 0.6 is 0 Å². The van der Waals surface area contributed by atoms with E-state index in [2.05, 4.69) is 16.0 Å². The molecular weight excluding hydrogens is 372 g/mol. The number of hydrogen-bond donors (Lipinski definition) is 2. The molecule has 0 bridgehead atoms. The van der Waals surface area contributed by atoms with E-state index in [1.54, 1.807) is 37.5 Å². The van der Waals surface area contributed by atoms with Crippen molar-refractivity contribution in [2.24, 2.45) is 7.05 Å². The summed E-state index contributed by atoms with van der Waals surface area (Å²) in [5.74, 6) is 0.673. The Morgan fingerprint density at radius 3 is 2.03 bits per heavy atom. The predicted molar refractivity (Wildman–Crippen MR) is 107 cm³/mol. The first kappa shape index (κ1) is 19.9. The van der Waals surface area contributed by atoms with Crippen LogP contribution in [-0.4, -0.2) is 28.2 Å². The summed E-state index contributed by atoms with van der Waals surface area (Å²) in [5, 5.41) is 3.91. The molecule has 0 aliphatic heterocycles. The zero-order valence-electron chi connectivity index (χ0n) is 16.2. The van der Waals surface area contributed by atoms with Gasteiger partial charge in [0.2, 0.25) is 0 Å². The number of rotatable bonds is 7. The molecule has 0 atom stereocenters. The van der Waals surface area contributed by atoms with Crippen molar-refractivity contribution in [1.29, 1.82) is 0 Å². The van der Waals surface area contributed by atoms with Gasteiger partial charge < -0.3 is 9.47 Å². The largest absolute Gasteiger partial charge is 0.494 e. The maximum atomic E-state index is 12.2. The summed E-state index contributed by atoms with van der Waals surface area (Å²) in [6, 6.07) is 14.3. The fourth-order valence-electron chi connectivity index (χ4n) is 2.51. The summed E-state index contributed by atoms with van der Waals surface area (Å²) in [6.45, 7) is 2.92. The Hall–Kier alpha value is -3.81. The summed E-state index contributed by atoms with van der Waals surface area (Å²) < 4.78 is 12.6. The second kappa shape index (κ2) is 9.41. The molecule has 1 heterocycles. The van der Waals surface area contributed by atoms with Gasteiger partial charge in [-0.1, -0.05) is 12.1 Å². The Bertz CT molecular complexity index is 965. The van der Waals surface area contributed by atoms with Crippen LogP contribution in [0.4, 0.5) is 0 Å². The lowest BCUT2D eigenvalue weighted by Gasteiger charge is -2.09. The quantitative estimate of drug-likeness (QED) is 0.601. The van der Waals surface area contributed by atoms with E-state index in [0.29, 0.717) is 24.3 Å². The number of benzene rings is 2. The number of amides is 2. The van der Waals surface area contributed by atoms with Crippen molar-refractivity contribution in [3.05, 3.63) is 77.6 Å². The minimum Gasteiger partial charge on any atom is -0.494 e. The molecule has 1 aromatic heterocycles. The molecule has 8 heteroatoms. The van der Waals surface area contributed by atoms with Crippen molar-refractivity contribution in [3.63, 3.8) is 0 Å². The van der Waals surface area contributed by atoms with Gasteiger partial charge in [0.25, 0.3) is 11.8 Å². The van der Waals surface area contributed by atoms with Gasteiger partial charge >= 0.3 is 0 Å². The van der Waals surface area contributed by atoms with Gasteiger partial charge in [0.15, 0.2) is 0 Å². The third-order valence-corrected chi connectivity index (χ3v) is 4.01. The van der Waals surface area contributed by atoms with Crippen molar-refractivity contribution in [3.8, 4) is 11.5 Å². The first-order chi connectivity index (χ1) is 14.0. The van der Waals surface area contributed by atoms with Gasteiger partial charge in [-0.05, 0) is 48.9 Å². The zero-order chi connectivity index (χ0) is 20.6. The molecule has 2 amide bonds. The number of ether oxygens (including phenoxy) is 2. The van der Waals surface area contributed by atoms with Crippen LogP contribution in [0.15, 0.2) is 60.9 Å². The van der Waals surface area contributed by atoms with E-state index in [-0.39, 0.29) is 0 Å². The van der Waals surface area contributed by atoms with E-state index in [1.165, 1.54) is 10.9 Å². The molecular formula is C21H22N4O4. The molecule has 150 valence electrons. The maximum absolute atomic E-state index is 12.2. The normalized spacial score (nSPS) is 10.3. The first-order valence-corrected chi connectivity index (χ1v) is 9.09. The van der Waals surface area contributed by atoms with Gasteiger partial charge in [-0.2, -0.15) is 5.10 Å². The van der Waals surface area contributed by atoms with Crippen LogP contribution < -0.4 is 20.3 Å². The highest BCUT2D eigenvalue weighted by molar-refractivity contribution is 5.98. The molecule has 8 nitrogen and oxygen atoms in total. The smallest absolute Gasteiger partial charge is 0.272 e. The Morgan fingerprint density at radius 2 is 1.48 bits per heavy atom. The van der Waals surface area contributed by atoms with Crippen LogP contribution in [0.2, 0.25) is 0 Å². The van der Waals surface area contributed by atoms with Crippen molar-refractivity contribution in [1.82, 2.24) is 20.6 Å². The molecule has 0 radical (unpaired) electrons. The van der Waals surface area contributed by atoms with Crippen molar-refractivity contribution >= 4 is 11.8 Å². The van der Waals surface area contributed by atoms with Gasteiger partial charge in [0, 0.05) is 18.8 Å². The second-order valence-corrected chi connectivity index (χ2v) is 6.20. The molecule has 2 N–H and O–H groups in total. The molecule has 0 unspecified atom stereocenters. The third kappa shape index (κ3) is 5.58. The topological polar surface area (TPSA) is 94.5 Å². The molecule has 0 fully saturated rings. The number of hydrogen-bond acceptors (Lipinski definition) is 5. The molecule has 0 saturated heterocycles. The Labute approximate surface area is 168 Å². The summed E-state index contributed by atoms with van der Waals surface area (Å²) in [5.41, 5.74) is 6.43. The molecule has 3 rings (SSSR count). The van der Waals surface area contributed by atoms with Crippen LogP contribution in [0.3, 0.4) is 0 Å². The highest BCUT2D eigenvalue weighted by Gasteiger charge is 2.10. The lowest BCUT2D eigenvalue weighted by Crippen LogP contribution is -2.41. The van der Waals surface area contributed by atoms with Gasteiger partial charge in [-0.15, -0.1) is 0 Å². The molecule has 0 aliphatic rings. The molecule has 0 aliphatic carbocycles. The van der Waals surface area contributed by atoms with E-state index < -0.39 is 11.8 Å². The number of nitrogens with zero attached hydrogens (tertiary/aromatic N) is 2. The predicted octanol–water partition coefficient (Wildman–Crippen LogP) is 2.47. The fourth-order valence-corrected chi connectivity index (χ4v) is 2.51. The number of aryl methyl sites for hydroxylation is 1. The van der Waals surface area contributed by atoms with Crippen LogP contribution in [0.5, 0.6) is 11.5 Å². The fraction of sp³-hybridized carbons (Fsp3) is 0.190. The van der Waals surface area contributed by atoms with E-state index in [1.807, 2.05) is 31.2 Å². The maximum Gasteiger partial charge on any atom is 0.272 e. The summed E-state index contributed by atoms with van der Waals surface area (Å²) >= 11 is 0. The van der Waals surface area contributed by atoms with Crippen LogP contribution in [0.25, 0.3) is 0 Å². The van der Waals surface area contributed by atoms with Crippen molar-refractivity contribution < 1.29 is 19.1 Å². The monoisotopic (exact) mass is 394 g/mol. The summed E-state index contributed by atoms with van der Waals surface area (Å²) in [6.07, 6.45) is 2.97. The van der Waals surface area contributed by atoms with E-state index in [0.717, 1.165) is 17.1 Å². The average molecular weight is 394 g/mol. The molecule has 2 aromatic carbocycles. The van der Waals surface area contributed by atoms with Crippen LogP contribution in [0, 0.1) is 0 Å². The zero-order valence-corrected chi connectivity index (χ0v) is 16.2. The standard InChI is InChI=1S/C21H22N4O4/c1-3-28-18-8-10-19(11-9-18)29-14-15-4-6-16(7-5-15)20(26)23-24-21(27)17-12-22-25(2)13-17/h4-13H,3,14H2,1-2H3,(H,23,26)(H,24,27). The SMILES string of the molecule is CCOc1ccc(OCc2ccc(C(=O)NNC(=O)c3cnn(C)c3)cc2)cc1. The lowest BCUT2D eigenvalue weighted by molar-refractivity contribution is 0.0846. The minimum atomic E-state index is -0.438. The number of hydrazine groups is 1. The van der Waals surface area contributed by atoms with E-state index in [4.69, 9.17) is 9.47 Å². The second-order valence-electron chi connectivity index (χ2n) is 6.20. The minimum absolute atomic E-state index is 0.356. The van der Waals surface area contributed by atoms with E-state index >= 15 is 0 Å². The Kier molecular flexibility index (Phi) is 6.47. The third-order valence-electron chi connectivity index (χ3n) is 4.01. The highest BCUT2D eigenvalue weighted by atomic mass is 16.5. The van der Waals surface area contributed by atoms with Gasteiger partial charge in [0.1, 0.15) is 18.1 Å². The summed E-state index contributed by atoms with van der Waals surface area (Å²) in [4.78, 5) is 24.1. The van der Waals surface area contributed by atoms with Crippen LogP contribution in [-0.2, 0) is 13.7 Å². The number of carbonyl (C=O) groups is 2.